The van der Waals surface area contributed by atoms with Gasteiger partial charge in [0.2, 0.25) is 0 Å². The molecule has 9 heteroatoms. The van der Waals surface area contributed by atoms with E-state index in [1.165, 1.54) is 0 Å². The van der Waals surface area contributed by atoms with Gasteiger partial charge in [-0.1, -0.05) is 0 Å². The first-order valence-electron chi connectivity index (χ1n) is 7.66. The normalized spacial score (nSPS) is 10.6. The van der Waals surface area contributed by atoms with Crippen LogP contribution in [0.2, 0.25) is 0 Å². The van der Waals surface area contributed by atoms with Crippen LogP contribution in [-0.2, 0) is 19.1 Å². The fraction of sp³-hybridized carbons (Fsp3) is 0.353. The van der Waals surface area contributed by atoms with Crippen molar-refractivity contribution >= 4 is 23.5 Å². The zero-order valence-electron chi connectivity index (χ0n) is 14.2. The number of amides is 1. The number of hydrogen-bond acceptors (Lipinski definition) is 8. The fourth-order valence-electron chi connectivity index (χ4n) is 1.93. The Hall–Kier alpha value is -3.59. The summed E-state index contributed by atoms with van der Waals surface area (Å²) < 4.78 is 9.30. The Bertz CT molecular complexity index is 718. The molecule has 0 bridgehead atoms. The monoisotopic (exact) mass is 358 g/mol. The third-order valence-electron chi connectivity index (χ3n) is 3.24. The van der Waals surface area contributed by atoms with Crippen LogP contribution in [0, 0.1) is 22.7 Å². The standard InChI is InChI=1S/C17H18N4O5/c1-20-13-4-2-12(3-5-13)16(23)21-14(17(24)26-11-9-19)6-7-15(22)25-10-8-18/h2-5,14,20H,6-7,10-11H2,1H3,(H,21,23). The second kappa shape index (κ2) is 11.0. The van der Waals surface area contributed by atoms with Gasteiger partial charge in [0.15, 0.2) is 13.2 Å². The highest BCUT2D eigenvalue weighted by atomic mass is 16.5. The quantitative estimate of drug-likeness (QED) is 0.616. The van der Waals surface area contributed by atoms with Gasteiger partial charge < -0.3 is 20.1 Å². The maximum absolute atomic E-state index is 12.3. The van der Waals surface area contributed by atoms with E-state index in [-0.39, 0.29) is 12.8 Å². The minimum Gasteiger partial charge on any atom is -0.450 e. The molecular weight excluding hydrogens is 340 g/mol. The highest BCUT2D eigenvalue weighted by molar-refractivity contribution is 5.97. The third-order valence-corrected chi connectivity index (χ3v) is 3.24. The van der Waals surface area contributed by atoms with Crippen molar-refractivity contribution in [3.8, 4) is 12.1 Å². The smallest absolute Gasteiger partial charge is 0.329 e. The Kier molecular flexibility index (Phi) is 8.69. The van der Waals surface area contributed by atoms with Crippen molar-refractivity contribution in [3.05, 3.63) is 29.8 Å². The van der Waals surface area contributed by atoms with Gasteiger partial charge in [-0.2, -0.15) is 10.5 Å². The SMILES string of the molecule is CNc1ccc(C(=O)NC(CCC(=O)OCC#N)C(=O)OCC#N)cc1. The minimum atomic E-state index is -1.13. The summed E-state index contributed by atoms with van der Waals surface area (Å²) >= 11 is 0. The highest BCUT2D eigenvalue weighted by Gasteiger charge is 2.24. The molecule has 0 heterocycles. The summed E-state index contributed by atoms with van der Waals surface area (Å²) in [5.74, 6) is -2.05. The van der Waals surface area contributed by atoms with Crippen LogP contribution in [-0.4, -0.2) is 44.1 Å². The summed E-state index contributed by atoms with van der Waals surface area (Å²) in [6.45, 7) is -0.868. The number of ether oxygens (including phenoxy) is 2. The molecule has 136 valence electrons. The molecule has 0 spiro atoms. The zero-order chi connectivity index (χ0) is 19.4. The van der Waals surface area contributed by atoms with Crippen molar-refractivity contribution in [1.82, 2.24) is 5.32 Å². The van der Waals surface area contributed by atoms with Crippen LogP contribution < -0.4 is 10.6 Å². The van der Waals surface area contributed by atoms with Crippen LogP contribution >= 0.6 is 0 Å². The lowest BCUT2D eigenvalue weighted by Gasteiger charge is -2.16. The second-order valence-corrected chi connectivity index (χ2v) is 4.98. The number of nitriles is 2. The molecule has 9 nitrogen and oxygen atoms in total. The van der Waals surface area contributed by atoms with Crippen molar-refractivity contribution < 1.29 is 23.9 Å². The summed E-state index contributed by atoms with van der Waals surface area (Å²) in [6, 6.07) is 8.70. The lowest BCUT2D eigenvalue weighted by Crippen LogP contribution is -2.42. The summed E-state index contributed by atoms with van der Waals surface area (Å²) in [5, 5.41) is 22.3. The molecule has 0 aromatic heterocycles. The van der Waals surface area contributed by atoms with E-state index in [0.29, 0.717) is 5.56 Å². The predicted octanol–water partition coefficient (Wildman–Crippen LogP) is 0.740. The number of carbonyl (C=O) groups excluding carboxylic acids is 3. The van der Waals surface area contributed by atoms with Crippen LogP contribution in [0.5, 0.6) is 0 Å². The molecule has 0 aliphatic rings. The number of carbonyl (C=O) groups is 3. The number of benzene rings is 1. The van der Waals surface area contributed by atoms with Gasteiger partial charge in [-0.05, 0) is 30.7 Å². The topological polar surface area (TPSA) is 141 Å². The Balaban J connectivity index is 2.74. The fourth-order valence-corrected chi connectivity index (χ4v) is 1.93. The average molecular weight is 358 g/mol. The first-order valence-corrected chi connectivity index (χ1v) is 7.66. The average Bonchev–Trinajstić information content (AvgIpc) is 2.67. The Morgan fingerprint density at radius 3 is 2.27 bits per heavy atom. The van der Waals surface area contributed by atoms with Gasteiger partial charge in [0.25, 0.3) is 5.91 Å². The van der Waals surface area contributed by atoms with Crippen LogP contribution in [0.1, 0.15) is 23.2 Å². The van der Waals surface area contributed by atoms with Crippen molar-refractivity contribution in [2.75, 3.05) is 25.6 Å². The molecule has 1 aromatic rings. The van der Waals surface area contributed by atoms with E-state index in [9.17, 15) is 14.4 Å². The van der Waals surface area contributed by atoms with Gasteiger partial charge in [-0.25, -0.2) is 4.79 Å². The van der Waals surface area contributed by atoms with Gasteiger partial charge in [0.05, 0.1) is 0 Å². The summed E-state index contributed by atoms with van der Waals surface area (Å²) in [4.78, 5) is 35.8. The molecule has 1 rings (SSSR count). The Morgan fingerprint density at radius 2 is 1.69 bits per heavy atom. The number of nitrogens with one attached hydrogen (secondary N) is 2. The Morgan fingerprint density at radius 1 is 1.08 bits per heavy atom. The number of esters is 2. The summed E-state index contributed by atoms with van der Waals surface area (Å²) in [5.41, 5.74) is 1.13. The van der Waals surface area contributed by atoms with Crippen LogP contribution in [0.25, 0.3) is 0 Å². The molecular formula is C17H18N4O5. The van der Waals surface area contributed by atoms with Crippen molar-refractivity contribution in [2.24, 2.45) is 0 Å². The maximum Gasteiger partial charge on any atom is 0.329 e. The van der Waals surface area contributed by atoms with Crippen LogP contribution in [0.3, 0.4) is 0 Å². The lowest BCUT2D eigenvalue weighted by molar-refractivity contribution is -0.146. The summed E-state index contributed by atoms with van der Waals surface area (Å²) in [7, 11) is 1.74. The first kappa shape index (κ1) is 20.5. The number of anilines is 1. The number of rotatable bonds is 9. The molecule has 0 aliphatic heterocycles. The molecule has 2 N–H and O–H groups in total. The number of nitrogens with zero attached hydrogens (tertiary/aromatic N) is 2. The molecule has 0 radical (unpaired) electrons. The van der Waals surface area contributed by atoms with Gasteiger partial charge in [0.1, 0.15) is 18.2 Å². The molecule has 0 fully saturated rings. The molecule has 0 saturated carbocycles. The van der Waals surface area contributed by atoms with Crippen molar-refractivity contribution in [3.63, 3.8) is 0 Å². The summed E-state index contributed by atoms with van der Waals surface area (Å²) in [6.07, 6.45) is -0.290. The maximum atomic E-state index is 12.3. The molecule has 0 saturated heterocycles. The van der Waals surface area contributed by atoms with Crippen molar-refractivity contribution in [1.29, 1.82) is 10.5 Å². The third kappa shape index (κ3) is 6.89. The lowest BCUT2D eigenvalue weighted by atomic mass is 10.1. The van der Waals surface area contributed by atoms with E-state index in [0.717, 1.165) is 5.69 Å². The van der Waals surface area contributed by atoms with Gasteiger partial charge in [0, 0.05) is 24.7 Å². The van der Waals surface area contributed by atoms with Crippen molar-refractivity contribution in [2.45, 2.75) is 18.9 Å². The van der Waals surface area contributed by atoms with E-state index in [1.54, 1.807) is 43.5 Å². The predicted molar refractivity (Wildman–Crippen MR) is 89.6 cm³/mol. The molecule has 0 aliphatic carbocycles. The molecule has 1 unspecified atom stereocenters. The van der Waals surface area contributed by atoms with E-state index in [2.05, 4.69) is 15.4 Å². The highest BCUT2D eigenvalue weighted by Crippen LogP contribution is 2.10. The molecule has 1 atom stereocenters. The zero-order valence-corrected chi connectivity index (χ0v) is 14.2. The molecule has 26 heavy (non-hydrogen) atoms. The van der Waals surface area contributed by atoms with E-state index in [4.69, 9.17) is 15.3 Å². The molecule has 1 amide bonds. The van der Waals surface area contributed by atoms with Crippen LogP contribution in [0.15, 0.2) is 24.3 Å². The van der Waals surface area contributed by atoms with E-state index >= 15 is 0 Å². The van der Waals surface area contributed by atoms with Gasteiger partial charge >= 0.3 is 11.9 Å². The number of hydrogen-bond donors (Lipinski definition) is 2. The van der Waals surface area contributed by atoms with E-state index < -0.39 is 37.1 Å². The van der Waals surface area contributed by atoms with E-state index in [1.807, 2.05) is 0 Å². The van der Waals surface area contributed by atoms with Gasteiger partial charge in [-0.3, -0.25) is 9.59 Å². The van der Waals surface area contributed by atoms with Crippen LogP contribution in [0.4, 0.5) is 5.69 Å². The second-order valence-electron chi connectivity index (χ2n) is 4.98. The van der Waals surface area contributed by atoms with Gasteiger partial charge in [-0.15, -0.1) is 0 Å². The largest absolute Gasteiger partial charge is 0.450 e. The molecule has 1 aromatic carbocycles. The minimum absolute atomic E-state index is 0.0884. The first-order chi connectivity index (χ1) is 12.5. The Labute approximate surface area is 150 Å².